The maximum absolute atomic E-state index is 12.6. The summed E-state index contributed by atoms with van der Waals surface area (Å²) < 4.78 is 6.75. The highest BCUT2D eigenvalue weighted by molar-refractivity contribution is 7.20. The van der Waals surface area contributed by atoms with Crippen LogP contribution in [0.2, 0.25) is 0 Å². The van der Waals surface area contributed by atoms with Gasteiger partial charge in [-0.05, 0) is 12.1 Å². The van der Waals surface area contributed by atoms with Crippen molar-refractivity contribution < 1.29 is 9.53 Å². The van der Waals surface area contributed by atoms with Crippen LogP contribution in [0.3, 0.4) is 0 Å². The Morgan fingerprint density at radius 2 is 2.12 bits per heavy atom. The molecule has 0 aliphatic rings. The zero-order valence-electron chi connectivity index (χ0n) is 13.0. The number of aromatic nitrogens is 4. The van der Waals surface area contributed by atoms with Gasteiger partial charge in [0.2, 0.25) is 5.13 Å². The van der Waals surface area contributed by atoms with Crippen LogP contribution in [0.1, 0.15) is 5.69 Å². The second-order valence-corrected chi connectivity index (χ2v) is 6.39. The molecule has 0 spiro atoms. The lowest BCUT2D eigenvalue weighted by atomic mass is 10.2. The van der Waals surface area contributed by atoms with Crippen LogP contribution in [0, 0.1) is 0 Å². The minimum absolute atomic E-state index is 0.00660. The molecule has 9 heteroatoms. The van der Waals surface area contributed by atoms with E-state index in [2.05, 4.69) is 19.8 Å². The molecule has 126 valence electrons. The molecule has 0 bridgehead atoms. The number of thiazole rings is 1. The van der Waals surface area contributed by atoms with Crippen LogP contribution < -0.4 is 11.0 Å². The molecule has 1 aromatic carbocycles. The van der Waals surface area contributed by atoms with Gasteiger partial charge in [0, 0.05) is 11.8 Å². The van der Waals surface area contributed by atoms with Crippen LogP contribution >= 0.6 is 11.3 Å². The van der Waals surface area contributed by atoms with Crippen LogP contribution in [-0.2, 0) is 16.0 Å². The summed E-state index contributed by atoms with van der Waals surface area (Å²) in [5.74, 6) is -0.483. The monoisotopic (exact) mass is 356 g/mol. The Labute approximate surface area is 143 Å². The van der Waals surface area contributed by atoms with E-state index in [0.717, 1.165) is 10.2 Å². The first-order valence-corrected chi connectivity index (χ1v) is 8.18. The zero-order valence-corrected chi connectivity index (χ0v) is 13.8. The minimum Gasteiger partial charge on any atom is -0.469 e. The van der Waals surface area contributed by atoms with E-state index >= 15 is 0 Å². The van der Waals surface area contributed by atoms with Crippen LogP contribution in [0.4, 0.5) is 0 Å². The van der Waals surface area contributed by atoms with E-state index in [-0.39, 0.29) is 17.5 Å². The molecule has 0 saturated carbocycles. The Bertz CT molecular complexity index is 1200. The van der Waals surface area contributed by atoms with Crippen molar-refractivity contribution in [2.75, 3.05) is 7.11 Å². The van der Waals surface area contributed by atoms with Crippen molar-refractivity contribution in [1.29, 1.82) is 0 Å². The molecule has 3 heterocycles. The number of ether oxygens (including phenoxy) is 1. The third-order valence-electron chi connectivity index (χ3n) is 3.76. The minimum atomic E-state index is -0.486. The molecular formula is C16H12N4O4S. The first kappa shape index (κ1) is 15.3. The number of H-pyrrole nitrogens is 2. The molecule has 25 heavy (non-hydrogen) atoms. The summed E-state index contributed by atoms with van der Waals surface area (Å²) in [4.78, 5) is 43.6. The second-order valence-electron chi connectivity index (χ2n) is 5.38. The van der Waals surface area contributed by atoms with Gasteiger partial charge >= 0.3 is 5.97 Å². The van der Waals surface area contributed by atoms with Gasteiger partial charge in [-0.3, -0.25) is 19.5 Å². The molecule has 2 N–H and O–H groups in total. The number of esters is 1. The number of carbonyl (C=O) groups excluding carboxylic acids is 1. The summed E-state index contributed by atoms with van der Waals surface area (Å²) in [6.45, 7) is 0. The van der Waals surface area contributed by atoms with E-state index in [1.165, 1.54) is 29.2 Å². The van der Waals surface area contributed by atoms with Gasteiger partial charge in [-0.1, -0.05) is 23.5 Å². The van der Waals surface area contributed by atoms with E-state index in [1.807, 2.05) is 24.3 Å². The van der Waals surface area contributed by atoms with E-state index < -0.39 is 17.0 Å². The van der Waals surface area contributed by atoms with E-state index in [9.17, 15) is 14.4 Å². The number of pyridine rings is 1. The molecule has 0 amide bonds. The fraction of sp³-hybridized carbons (Fsp3) is 0.125. The average molecular weight is 356 g/mol. The van der Waals surface area contributed by atoms with Gasteiger partial charge in [0.05, 0.1) is 23.7 Å². The Morgan fingerprint density at radius 1 is 1.32 bits per heavy atom. The first-order chi connectivity index (χ1) is 12.1. The lowest BCUT2D eigenvalue weighted by molar-refractivity contribution is -0.139. The van der Waals surface area contributed by atoms with Gasteiger partial charge in [0.25, 0.3) is 5.56 Å². The van der Waals surface area contributed by atoms with Gasteiger partial charge < -0.3 is 9.72 Å². The van der Waals surface area contributed by atoms with E-state index in [0.29, 0.717) is 10.8 Å². The number of hydrogen-bond acceptors (Lipinski definition) is 6. The smallest absolute Gasteiger partial charge is 0.311 e. The van der Waals surface area contributed by atoms with E-state index in [1.54, 1.807) is 0 Å². The summed E-state index contributed by atoms with van der Waals surface area (Å²) in [5, 5.41) is 3.29. The maximum atomic E-state index is 12.6. The van der Waals surface area contributed by atoms with Crippen LogP contribution in [-0.4, -0.2) is 32.8 Å². The molecule has 0 aliphatic heterocycles. The maximum Gasteiger partial charge on any atom is 0.311 e. The number of methoxy groups -OCH3 is 1. The van der Waals surface area contributed by atoms with Gasteiger partial charge in [-0.15, -0.1) is 0 Å². The molecule has 4 aromatic rings. The zero-order chi connectivity index (χ0) is 17.6. The fourth-order valence-electron chi connectivity index (χ4n) is 2.60. The largest absolute Gasteiger partial charge is 0.469 e. The van der Waals surface area contributed by atoms with Crippen molar-refractivity contribution >= 4 is 38.6 Å². The van der Waals surface area contributed by atoms with Gasteiger partial charge in [0.1, 0.15) is 11.0 Å². The SMILES string of the molecule is COC(=O)Cc1cc(=O)c2c(=O)n(-c3nc4ccccc4s3)[nH]c2[nH]1. The van der Waals surface area contributed by atoms with Crippen molar-refractivity contribution in [1.82, 2.24) is 19.7 Å². The second kappa shape index (κ2) is 5.71. The fourth-order valence-corrected chi connectivity index (χ4v) is 3.52. The molecule has 0 fully saturated rings. The van der Waals surface area contributed by atoms with Gasteiger partial charge in [-0.2, -0.15) is 4.68 Å². The summed E-state index contributed by atoms with van der Waals surface area (Å²) in [6, 6.07) is 8.74. The van der Waals surface area contributed by atoms with Gasteiger partial charge in [-0.25, -0.2) is 4.98 Å². The Kier molecular flexibility index (Phi) is 3.50. The number of fused-ring (bicyclic) bond motifs is 2. The Hall–Kier alpha value is -3.20. The molecule has 0 atom stereocenters. The van der Waals surface area contributed by atoms with E-state index in [4.69, 9.17) is 0 Å². The molecule has 8 nitrogen and oxygen atoms in total. The summed E-state index contributed by atoms with van der Waals surface area (Å²) in [7, 11) is 1.27. The molecule has 0 aliphatic carbocycles. The van der Waals surface area contributed by atoms with Crippen LogP contribution in [0.15, 0.2) is 39.9 Å². The molecular weight excluding hydrogens is 344 g/mol. The van der Waals surface area contributed by atoms with Crippen molar-refractivity contribution in [3.05, 3.63) is 56.6 Å². The molecule has 0 saturated heterocycles. The number of benzene rings is 1. The van der Waals surface area contributed by atoms with Crippen LogP contribution in [0.5, 0.6) is 0 Å². The Morgan fingerprint density at radius 3 is 2.88 bits per heavy atom. The number of carbonyl (C=O) groups is 1. The third kappa shape index (κ3) is 2.54. The number of para-hydroxylation sites is 1. The molecule has 0 radical (unpaired) electrons. The summed E-state index contributed by atoms with van der Waals surface area (Å²) in [6.07, 6.45) is -0.0873. The highest BCUT2D eigenvalue weighted by Crippen LogP contribution is 2.23. The highest BCUT2D eigenvalue weighted by atomic mass is 32.1. The predicted octanol–water partition coefficient (Wildman–Crippen LogP) is 1.33. The summed E-state index contributed by atoms with van der Waals surface area (Å²) in [5.41, 5.74) is 0.428. The standard InChI is InChI=1S/C16H12N4O4S/c1-24-12(22)7-8-6-10(21)13-14(17-8)19-20(15(13)23)16-18-9-4-2-3-5-11(9)25-16/h2-6H,7H2,1H3,(H2,17,19,21). The van der Waals surface area contributed by atoms with Crippen LogP contribution in [0.25, 0.3) is 26.4 Å². The number of nitrogens with zero attached hydrogens (tertiary/aromatic N) is 2. The van der Waals surface area contributed by atoms with Crippen molar-refractivity contribution in [3.8, 4) is 5.13 Å². The normalized spacial score (nSPS) is 11.2. The topological polar surface area (TPSA) is 110 Å². The third-order valence-corrected chi connectivity index (χ3v) is 4.79. The average Bonchev–Trinajstić information content (AvgIpc) is 3.15. The quantitative estimate of drug-likeness (QED) is 0.538. The molecule has 4 rings (SSSR count). The number of nitrogens with one attached hydrogen (secondary N) is 2. The number of aromatic amines is 2. The molecule has 3 aromatic heterocycles. The van der Waals surface area contributed by atoms with Gasteiger partial charge in [0.15, 0.2) is 5.43 Å². The number of rotatable bonds is 3. The Balaban J connectivity index is 1.89. The van der Waals surface area contributed by atoms with Crippen molar-refractivity contribution in [3.63, 3.8) is 0 Å². The first-order valence-electron chi connectivity index (χ1n) is 7.36. The summed E-state index contributed by atoms with van der Waals surface area (Å²) >= 11 is 1.33. The lowest BCUT2D eigenvalue weighted by Crippen LogP contribution is -2.18. The van der Waals surface area contributed by atoms with Crippen molar-refractivity contribution in [2.24, 2.45) is 0 Å². The van der Waals surface area contributed by atoms with Crippen molar-refractivity contribution in [2.45, 2.75) is 6.42 Å². The highest BCUT2D eigenvalue weighted by Gasteiger charge is 2.16. The molecule has 0 unspecified atom stereocenters. The predicted molar refractivity (Wildman–Crippen MR) is 93.4 cm³/mol. The number of hydrogen-bond donors (Lipinski definition) is 2. The lowest BCUT2D eigenvalue weighted by Gasteiger charge is -1.99.